The van der Waals surface area contributed by atoms with Gasteiger partial charge >= 0.3 is 6.18 Å². The monoisotopic (exact) mass is 493 g/mol. The van der Waals surface area contributed by atoms with Gasteiger partial charge in [-0.25, -0.2) is 4.39 Å². The number of hydrazone groups is 1. The molecular formula is C26H31F4N3O2. The van der Waals surface area contributed by atoms with Crippen molar-refractivity contribution in [3.05, 3.63) is 48.3 Å². The molecule has 0 aliphatic carbocycles. The van der Waals surface area contributed by atoms with E-state index in [0.717, 1.165) is 12.8 Å². The molecule has 2 atom stereocenters. The van der Waals surface area contributed by atoms with Crippen molar-refractivity contribution < 1.29 is 27.0 Å². The van der Waals surface area contributed by atoms with Crippen LogP contribution in [-0.4, -0.2) is 43.2 Å². The molecule has 1 saturated heterocycles. The predicted octanol–water partition coefficient (Wildman–Crippen LogP) is 6.42. The van der Waals surface area contributed by atoms with Gasteiger partial charge in [0.2, 0.25) is 0 Å². The van der Waals surface area contributed by atoms with Gasteiger partial charge in [-0.05, 0) is 57.2 Å². The third-order valence-corrected chi connectivity index (χ3v) is 6.52. The number of alkyl halides is 3. The molecule has 1 fully saturated rings. The minimum atomic E-state index is -4.44. The number of hydrogen-bond donors (Lipinski definition) is 0. The minimum absolute atomic E-state index is 0.00871. The molecule has 0 aromatic heterocycles. The first-order valence-corrected chi connectivity index (χ1v) is 12.0. The molecule has 2 heterocycles. The number of hydrogen-bond acceptors (Lipinski definition) is 5. The van der Waals surface area contributed by atoms with E-state index in [1.54, 1.807) is 50.2 Å². The molecule has 0 radical (unpaired) electrons. The van der Waals surface area contributed by atoms with E-state index in [1.807, 2.05) is 18.7 Å². The third kappa shape index (κ3) is 5.65. The summed E-state index contributed by atoms with van der Waals surface area (Å²) < 4.78 is 65.9. The van der Waals surface area contributed by atoms with E-state index in [0.29, 0.717) is 36.0 Å². The van der Waals surface area contributed by atoms with Gasteiger partial charge in [0.05, 0.1) is 23.5 Å². The summed E-state index contributed by atoms with van der Waals surface area (Å²) in [5, 5.41) is 5.26. The molecule has 2 aromatic rings. The molecule has 0 spiro atoms. The van der Waals surface area contributed by atoms with E-state index >= 15 is 0 Å². The summed E-state index contributed by atoms with van der Waals surface area (Å²) in [4.78, 5) is 2.00. The smallest absolute Gasteiger partial charge is 0.431 e. The standard InChI is InChI=1S/C26H31F4N3O2/c1-16(2)34-22-9-10-23(27)24(15-22)32-13-11-21(12-14-32)35-20-7-5-19(6-8-20)33-18(4)17(3)25(31-33)26(28,29)30/h5-10,15-18,21H,11-14H2,1-4H3/t17-,18-/m0/s1. The van der Waals surface area contributed by atoms with Crippen molar-refractivity contribution in [2.24, 2.45) is 11.0 Å². The number of nitrogens with zero attached hydrogens (tertiary/aromatic N) is 3. The van der Waals surface area contributed by atoms with Crippen molar-refractivity contribution in [2.75, 3.05) is 23.0 Å². The summed E-state index contributed by atoms with van der Waals surface area (Å²) in [7, 11) is 0. The molecule has 5 nitrogen and oxygen atoms in total. The number of ether oxygens (including phenoxy) is 2. The zero-order chi connectivity index (χ0) is 25.3. The number of anilines is 2. The van der Waals surface area contributed by atoms with Crippen molar-refractivity contribution in [2.45, 2.75) is 65.0 Å². The van der Waals surface area contributed by atoms with Gasteiger partial charge < -0.3 is 14.4 Å². The molecule has 9 heteroatoms. The molecule has 2 aliphatic rings. The Hall–Kier alpha value is -2.97. The van der Waals surface area contributed by atoms with Gasteiger partial charge in [0, 0.05) is 37.9 Å². The van der Waals surface area contributed by atoms with Crippen molar-refractivity contribution in [1.82, 2.24) is 0 Å². The Labute approximate surface area is 203 Å². The van der Waals surface area contributed by atoms with E-state index in [9.17, 15) is 17.6 Å². The average molecular weight is 494 g/mol. The maximum Gasteiger partial charge on any atom is 0.431 e. The van der Waals surface area contributed by atoms with Crippen molar-refractivity contribution in [3.8, 4) is 11.5 Å². The van der Waals surface area contributed by atoms with Crippen LogP contribution in [0.2, 0.25) is 0 Å². The molecule has 0 saturated carbocycles. The fraction of sp³-hybridized carbons (Fsp3) is 0.500. The molecule has 4 rings (SSSR count). The first-order valence-electron chi connectivity index (χ1n) is 12.0. The van der Waals surface area contributed by atoms with Crippen LogP contribution in [0.25, 0.3) is 0 Å². The van der Waals surface area contributed by atoms with Crippen molar-refractivity contribution in [1.29, 1.82) is 0 Å². The second-order valence-corrected chi connectivity index (χ2v) is 9.43. The van der Waals surface area contributed by atoms with Gasteiger partial charge in [-0.1, -0.05) is 6.92 Å². The van der Waals surface area contributed by atoms with Crippen LogP contribution >= 0.6 is 0 Å². The molecule has 190 valence electrons. The maximum absolute atomic E-state index is 14.4. The zero-order valence-corrected chi connectivity index (χ0v) is 20.3. The first kappa shape index (κ1) is 25.1. The van der Waals surface area contributed by atoms with Gasteiger partial charge in [-0.2, -0.15) is 18.3 Å². The fourth-order valence-corrected chi connectivity index (χ4v) is 4.51. The maximum atomic E-state index is 14.4. The fourth-order valence-electron chi connectivity index (χ4n) is 4.51. The second kappa shape index (κ2) is 9.95. The first-order chi connectivity index (χ1) is 16.5. The molecular weight excluding hydrogens is 462 g/mol. The summed E-state index contributed by atoms with van der Waals surface area (Å²) in [6.07, 6.45) is -3.02. The van der Waals surface area contributed by atoms with Crippen molar-refractivity contribution in [3.63, 3.8) is 0 Å². The van der Waals surface area contributed by atoms with Crippen LogP contribution in [0.15, 0.2) is 47.6 Å². The molecule has 0 N–H and O–H groups in total. The van der Waals surface area contributed by atoms with Gasteiger partial charge in [0.1, 0.15) is 29.1 Å². The average Bonchev–Trinajstić information content (AvgIpc) is 3.11. The molecule has 0 unspecified atom stereocenters. The van der Waals surface area contributed by atoms with Gasteiger partial charge in [0.15, 0.2) is 0 Å². The number of rotatable bonds is 6. The highest BCUT2D eigenvalue weighted by Gasteiger charge is 2.46. The Morgan fingerprint density at radius 1 is 0.971 bits per heavy atom. The molecule has 0 bridgehead atoms. The highest BCUT2D eigenvalue weighted by Crippen LogP contribution is 2.35. The van der Waals surface area contributed by atoms with Crippen LogP contribution in [0.3, 0.4) is 0 Å². The van der Waals surface area contributed by atoms with Crippen LogP contribution < -0.4 is 19.4 Å². The topological polar surface area (TPSA) is 37.3 Å². The molecule has 2 aliphatic heterocycles. The molecule has 0 amide bonds. The predicted molar refractivity (Wildman–Crippen MR) is 129 cm³/mol. The van der Waals surface area contributed by atoms with Crippen LogP contribution in [0, 0.1) is 11.7 Å². The van der Waals surface area contributed by atoms with E-state index in [4.69, 9.17) is 9.47 Å². The summed E-state index contributed by atoms with van der Waals surface area (Å²) in [6.45, 7) is 8.42. The highest BCUT2D eigenvalue weighted by atomic mass is 19.4. The van der Waals surface area contributed by atoms with Gasteiger partial charge in [-0.3, -0.25) is 5.01 Å². The lowest BCUT2D eigenvalue weighted by Gasteiger charge is -2.34. The summed E-state index contributed by atoms with van der Waals surface area (Å²) in [6, 6.07) is 11.4. The third-order valence-electron chi connectivity index (χ3n) is 6.52. The molecule has 2 aromatic carbocycles. The lowest BCUT2D eigenvalue weighted by molar-refractivity contribution is -0.0619. The SMILES string of the molecule is CC(C)Oc1ccc(F)c(N2CCC(Oc3ccc(N4N=C(C(F)(F)F)[C@@H](C)[C@@H]4C)cc3)CC2)c1. The van der Waals surface area contributed by atoms with Crippen molar-refractivity contribution >= 4 is 17.1 Å². The van der Waals surface area contributed by atoms with E-state index in [-0.39, 0.29) is 18.0 Å². The Morgan fingerprint density at radius 2 is 1.60 bits per heavy atom. The largest absolute Gasteiger partial charge is 0.491 e. The summed E-state index contributed by atoms with van der Waals surface area (Å²) in [5.74, 6) is 0.297. The Morgan fingerprint density at radius 3 is 2.17 bits per heavy atom. The van der Waals surface area contributed by atoms with Crippen LogP contribution in [-0.2, 0) is 0 Å². The van der Waals surface area contributed by atoms with Gasteiger partial charge in [-0.15, -0.1) is 0 Å². The Balaban J connectivity index is 1.36. The van der Waals surface area contributed by atoms with E-state index in [1.165, 1.54) is 11.1 Å². The number of piperidine rings is 1. The number of benzene rings is 2. The van der Waals surface area contributed by atoms with Gasteiger partial charge in [0.25, 0.3) is 0 Å². The highest BCUT2D eigenvalue weighted by molar-refractivity contribution is 5.95. The lowest BCUT2D eigenvalue weighted by Crippen LogP contribution is -2.38. The second-order valence-electron chi connectivity index (χ2n) is 9.43. The normalized spacial score (nSPS) is 21.5. The Kier molecular flexibility index (Phi) is 7.15. The lowest BCUT2D eigenvalue weighted by atomic mass is 9.98. The minimum Gasteiger partial charge on any atom is -0.491 e. The van der Waals surface area contributed by atoms with E-state index in [2.05, 4.69) is 5.10 Å². The molecule has 35 heavy (non-hydrogen) atoms. The number of halogens is 4. The quantitative estimate of drug-likeness (QED) is 0.435. The van der Waals surface area contributed by atoms with E-state index < -0.39 is 23.8 Å². The Bertz CT molecular complexity index is 1050. The van der Waals surface area contributed by atoms with Crippen LogP contribution in [0.1, 0.15) is 40.5 Å². The summed E-state index contributed by atoms with van der Waals surface area (Å²) in [5.41, 5.74) is 0.360. The summed E-state index contributed by atoms with van der Waals surface area (Å²) >= 11 is 0. The zero-order valence-electron chi connectivity index (χ0n) is 20.3. The van der Waals surface area contributed by atoms with Crippen LogP contribution in [0.5, 0.6) is 11.5 Å². The van der Waals surface area contributed by atoms with Crippen LogP contribution in [0.4, 0.5) is 28.9 Å².